The van der Waals surface area contributed by atoms with Gasteiger partial charge in [-0.25, -0.2) is 8.42 Å². The van der Waals surface area contributed by atoms with Crippen LogP contribution in [-0.4, -0.2) is 50.5 Å². The van der Waals surface area contributed by atoms with Crippen LogP contribution in [0.3, 0.4) is 0 Å². The highest BCUT2D eigenvalue weighted by Crippen LogP contribution is 2.25. The van der Waals surface area contributed by atoms with E-state index in [-0.39, 0.29) is 18.4 Å². The molecule has 1 N–H and O–H groups in total. The molecule has 0 fully saturated rings. The number of halogens is 1. The molecule has 0 radical (unpaired) electrons. The Morgan fingerprint density at radius 2 is 1.74 bits per heavy atom. The number of aryl methyl sites for hydroxylation is 2. The lowest BCUT2D eigenvalue weighted by Gasteiger charge is -2.31. The maximum Gasteiger partial charge on any atom is 0.244 e. The summed E-state index contributed by atoms with van der Waals surface area (Å²) in [7, 11) is -3.80. The summed E-state index contributed by atoms with van der Waals surface area (Å²) in [6, 6.07) is 11.7. The number of sulfonamides is 1. The molecule has 2 amide bonds. The van der Waals surface area contributed by atoms with Crippen LogP contribution in [0.5, 0.6) is 0 Å². The SMILES string of the molecule is Cc1cccc(CN(C(=O)CN(c2ccc(C)c(Cl)c2)S(C)(=O)=O)C(C)C(=O)NCC(C)C)c1. The topological polar surface area (TPSA) is 86.8 Å². The summed E-state index contributed by atoms with van der Waals surface area (Å²) in [5.74, 6) is -0.529. The van der Waals surface area contributed by atoms with Gasteiger partial charge in [-0.15, -0.1) is 0 Å². The molecule has 2 aromatic carbocycles. The van der Waals surface area contributed by atoms with Gasteiger partial charge in [0, 0.05) is 18.1 Å². The molecule has 0 bridgehead atoms. The van der Waals surface area contributed by atoms with Gasteiger partial charge in [0.1, 0.15) is 12.6 Å². The fourth-order valence-corrected chi connectivity index (χ4v) is 4.41. The second kappa shape index (κ2) is 11.7. The van der Waals surface area contributed by atoms with Gasteiger partial charge < -0.3 is 10.2 Å². The van der Waals surface area contributed by atoms with Gasteiger partial charge >= 0.3 is 0 Å². The predicted octanol–water partition coefficient (Wildman–Crippen LogP) is 3.91. The van der Waals surface area contributed by atoms with E-state index in [1.54, 1.807) is 19.1 Å². The van der Waals surface area contributed by atoms with E-state index in [9.17, 15) is 18.0 Å². The van der Waals surface area contributed by atoms with E-state index < -0.39 is 28.5 Å². The number of nitrogens with one attached hydrogen (secondary N) is 1. The summed E-state index contributed by atoms with van der Waals surface area (Å²) in [5, 5.41) is 3.26. The molecule has 1 unspecified atom stereocenters. The van der Waals surface area contributed by atoms with E-state index in [1.165, 1.54) is 11.0 Å². The van der Waals surface area contributed by atoms with Crippen LogP contribution >= 0.6 is 11.6 Å². The Balaban J connectivity index is 2.39. The van der Waals surface area contributed by atoms with Crippen molar-refractivity contribution in [2.45, 2.75) is 47.2 Å². The summed E-state index contributed by atoms with van der Waals surface area (Å²) >= 11 is 6.21. The van der Waals surface area contributed by atoms with E-state index in [4.69, 9.17) is 11.6 Å². The van der Waals surface area contributed by atoms with Crippen molar-refractivity contribution in [2.75, 3.05) is 23.7 Å². The first-order valence-electron chi connectivity index (χ1n) is 11.2. The van der Waals surface area contributed by atoms with Crippen LogP contribution in [0.4, 0.5) is 5.69 Å². The Bertz CT molecular complexity index is 1130. The first-order chi connectivity index (χ1) is 15.8. The predicted molar refractivity (Wildman–Crippen MR) is 137 cm³/mol. The van der Waals surface area contributed by atoms with Gasteiger partial charge in [0.2, 0.25) is 21.8 Å². The van der Waals surface area contributed by atoms with Crippen molar-refractivity contribution in [1.29, 1.82) is 0 Å². The normalized spacial score (nSPS) is 12.4. The van der Waals surface area contributed by atoms with Crippen LogP contribution in [0.1, 0.15) is 37.5 Å². The van der Waals surface area contributed by atoms with E-state index in [2.05, 4.69) is 5.32 Å². The smallest absolute Gasteiger partial charge is 0.244 e. The summed E-state index contributed by atoms with van der Waals surface area (Å²) in [6.07, 6.45) is 1.04. The Kier molecular flexibility index (Phi) is 9.53. The van der Waals surface area contributed by atoms with Crippen molar-refractivity contribution in [3.8, 4) is 0 Å². The largest absolute Gasteiger partial charge is 0.354 e. The molecule has 0 aliphatic carbocycles. The molecule has 34 heavy (non-hydrogen) atoms. The number of benzene rings is 2. The number of amides is 2. The maximum atomic E-state index is 13.5. The van der Waals surface area contributed by atoms with Gasteiger partial charge in [-0.05, 0) is 49.9 Å². The average Bonchev–Trinajstić information content (AvgIpc) is 2.74. The van der Waals surface area contributed by atoms with E-state index in [0.717, 1.165) is 27.3 Å². The fraction of sp³-hybridized carbons (Fsp3) is 0.440. The molecule has 2 rings (SSSR count). The molecule has 2 aromatic rings. The van der Waals surface area contributed by atoms with Gasteiger partial charge in [-0.3, -0.25) is 13.9 Å². The zero-order valence-corrected chi connectivity index (χ0v) is 22.2. The van der Waals surface area contributed by atoms with Crippen molar-refractivity contribution in [3.05, 3.63) is 64.2 Å². The first kappa shape index (κ1) is 27.7. The van der Waals surface area contributed by atoms with E-state index in [0.29, 0.717) is 17.3 Å². The Labute approximate surface area is 208 Å². The molecular weight excluding hydrogens is 474 g/mol. The molecular formula is C25H34ClN3O4S. The highest BCUT2D eigenvalue weighted by Gasteiger charge is 2.30. The quantitative estimate of drug-likeness (QED) is 0.528. The van der Waals surface area contributed by atoms with Crippen LogP contribution in [0.2, 0.25) is 5.02 Å². The van der Waals surface area contributed by atoms with E-state index >= 15 is 0 Å². The minimum Gasteiger partial charge on any atom is -0.354 e. The summed E-state index contributed by atoms with van der Waals surface area (Å²) in [6.45, 7) is 9.57. The van der Waals surface area contributed by atoms with Crippen molar-refractivity contribution < 1.29 is 18.0 Å². The lowest BCUT2D eigenvalue weighted by atomic mass is 10.1. The molecule has 7 nitrogen and oxygen atoms in total. The Morgan fingerprint density at radius 1 is 1.06 bits per heavy atom. The molecule has 0 aliphatic heterocycles. The number of anilines is 1. The molecule has 0 heterocycles. The Morgan fingerprint density at radius 3 is 2.29 bits per heavy atom. The number of nitrogens with zero attached hydrogens (tertiary/aromatic N) is 2. The summed E-state index contributed by atoms with van der Waals surface area (Å²) in [5.41, 5.74) is 2.95. The van der Waals surface area contributed by atoms with Crippen LogP contribution in [-0.2, 0) is 26.2 Å². The van der Waals surface area contributed by atoms with Gasteiger partial charge in [0.25, 0.3) is 0 Å². The first-order valence-corrected chi connectivity index (χ1v) is 13.4. The number of rotatable bonds is 10. The van der Waals surface area contributed by atoms with Gasteiger partial charge in [-0.2, -0.15) is 0 Å². The highest BCUT2D eigenvalue weighted by molar-refractivity contribution is 7.92. The van der Waals surface area contributed by atoms with Crippen molar-refractivity contribution in [1.82, 2.24) is 10.2 Å². The van der Waals surface area contributed by atoms with Gasteiger partial charge in [0.15, 0.2) is 0 Å². The van der Waals surface area contributed by atoms with Crippen molar-refractivity contribution in [2.24, 2.45) is 5.92 Å². The number of hydrogen-bond donors (Lipinski definition) is 1. The third-order valence-electron chi connectivity index (χ3n) is 5.41. The second-order valence-electron chi connectivity index (χ2n) is 9.03. The Hall–Kier alpha value is -2.58. The molecule has 0 spiro atoms. The maximum absolute atomic E-state index is 13.5. The summed E-state index contributed by atoms with van der Waals surface area (Å²) in [4.78, 5) is 27.8. The van der Waals surface area contributed by atoms with Crippen LogP contribution in [0, 0.1) is 19.8 Å². The zero-order chi connectivity index (χ0) is 25.6. The third kappa shape index (κ3) is 7.74. The number of carbonyl (C=O) groups excluding carboxylic acids is 2. The molecule has 0 saturated heterocycles. The standard InChI is InChI=1S/C25H34ClN3O4S/c1-17(2)14-27-25(31)20(5)28(15-21-9-7-8-18(3)12-21)24(30)16-29(34(6,32)33)22-11-10-19(4)23(26)13-22/h7-13,17,20H,14-16H2,1-6H3,(H,27,31). The summed E-state index contributed by atoms with van der Waals surface area (Å²) < 4.78 is 26.2. The van der Waals surface area contributed by atoms with Crippen LogP contribution in [0.15, 0.2) is 42.5 Å². The zero-order valence-electron chi connectivity index (χ0n) is 20.6. The minimum absolute atomic E-state index is 0.170. The van der Waals surface area contributed by atoms with Crippen LogP contribution < -0.4 is 9.62 Å². The molecule has 9 heteroatoms. The third-order valence-corrected chi connectivity index (χ3v) is 6.96. The van der Waals surface area contributed by atoms with Gasteiger partial charge in [-0.1, -0.05) is 61.3 Å². The van der Waals surface area contributed by atoms with Crippen LogP contribution in [0.25, 0.3) is 0 Å². The second-order valence-corrected chi connectivity index (χ2v) is 11.3. The monoisotopic (exact) mass is 507 g/mol. The molecule has 0 saturated carbocycles. The fourth-order valence-electron chi connectivity index (χ4n) is 3.39. The lowest BCUT2D eigenvalue weighted by Crippen LogP contribution is -2.51. The molecule has 1 atom stereocenters. The minimum atomic E-state index is -3.80. The molecule has 0 aromatic heterocycles. The van der Waals surface area contributed by atoms with Gasteiger partial charge in [0.05, 0.1) is 11.9 Å². The highest BCUT2D eigenvalue weighted by atomic mass is 35.5. The number of carbonyl (C=O) groups is 2. The number of hydrogen-bond acceptors (Lipinski definition) is 4. The van der Waals surface area contributed by atoms with E-state index in [1.807, 2.05) is 52.0 Å². The molecule has 0 aliphatic rings. The molecule has 186 valence electrons. The average molecular weight is 508 g/mol. The van der Waals surface area contributed by atoms with Crippen molar-refractivity contribution in [3.63, 3.8) is 0 Å². The lowest BCUT2D eigenvalue weighted by molar-refractivity contribution is -0.139. The van der Waals surface area contributed by atoms with Crippen molar-refractivity contribution >= 4 is 39.1 Å².